The van der Waals surface area contributed by atoms with E-state index in [2.05, 4.69) is 37.4 Å². The molecule has 0 aliphatic carbocycles. The van der Waals surface area contributed by atoms with Crippen LogP contribution in [0.3, 0.4) is 0 Å². The SMILES string of the molecule is CC1CC(C)C(Cc2cccc3c2CNCC3)O1. The molecular weight excluding hydrogens is 222 g/mol. The first-order valence-electron chi connectivity index (χ1n) is 7.20. The standard InChI is InChI=1S/C16H23NO/c1-11-8-12(2)18-16(11)9-14-5-3-4-13-6-7-17-10-15(13)14/h3-5,11-12,16-17H,6-10H2,1-2H3. The Balaban J connectivity index is 1.80. The fourth-order valence-electron chi connectivity index (χ4n) is 3.41. The number of ether oxygens (including phenoxy) is 1. The monoisotopic (exact) mass is 245 g/mol. The minimum atomic E-state index is 0.411. The average Bonchev–Trinajstić information content (AvgIpc) is 2.68. The van der Waals surface area contributed by atoms with Crippen LogP contribution in [0.4, 0.5) is 0 Å². The molecule has 1 aromatic carbocycles. The summed E-state index contributed by atoms with van der Waals surface area (Å²) in [6.07, 6.45) is 4.30. The van der Waals surface area contributed by atoms with Gasteiger partial charge in [-0.2, -0.15) is 0 Å². The van der Waals surface area contributed by atoms with E-state index in [-0.39, 0.29) is 0 Å². The maximum Gasteiger partial charge on any atom is 0.0645 e. The number of benzene rings is 1. The molecule has 1 aromatic rings. The Morgan fingerprint density at radius 3 is 3.00 bits per heavy atom. The molecule has 1 fully saturated rings. The Kier molecular flexibility index (Phi) is 3.40. The van der Waals surface area contributed by atoms with Crippen LogP contribution in [-0.2, 0) is 24.1 Å². The third kappa shape index (κ3) is 2.32. The molecule has 3 unspecified atom stereocenters. The minimum absolute atomic E-state index is 0.411. The van der Waals surface area contributed by atoms with Crippen LogP contribution in [0.2, 0.25) is 0 Å². The number of nitrogens with one attached hydrogen (secondary N) is 1. The summed E-state index contributed by atoms with van der Waals surface area (Å²) >= 11 is 0. The maximum absolute atomic E-state index is 6.05. The second kappa shape index (κ2) is 5.02. The molecule has 2 heteroatoms. The average molecular weight is 245 g/mol. The molecule has 3 atom stereocenters. The van der Waals surface area contributed by atoms with E-state index in [1.165, 1.54) is 29.5 Å². The summed E-state index contributed by atoms with van der Waals surface area (Å²) in [5.74, 6) is 0.687. The summed E-state index contributed by atoms with van der Waals surface area (Å²) in [7, 11) is 0. The van der Waals surface area contributed by atoms with Crippen molar-refractivity contribution in [1.29, 1.82) is 0 Å². The molecule has 18 heavy (non-hydrogen) atoms. The van der Waals surface area contributed by atoms with Crippen LogP contribution in [0.5, 0.6) is 0 Å². The maximum atomic E-state index is 6.05. The van der Waals surface area contributed by atoms with Gasteiger partial charge in [-0.25, -0.2) is 0 Å². The highest BCUT2D eigenvalue weighted by Crippen LogP contribution is 2.30. The first kappa shape index (κ1) is 12.2. The molecule has 2 nitrogen and oxygen atoms in total. The number of fused-ring (bicyclic) bond motifs is 1. The highest BCUT2D eigenvalue weighted by molar-refractivity contribution is 5.37. The van der Waals surface area contributed by atoms with Crippen LogP contribution in [0.15, 0.2) is 18.2 Å². The zero-order valence-corrected chi connectivity index (χ0v) is 11.4. The lowest BCUT2D eigenvalue weighted by atomic mass is 9.90. The molecule has 0 saturated carbocycles. The van der Waals surface area contributed by atoms with Crippen molar-refractivity contribution < 1.29 is 4.74 Å². The van der Waals surface area contributed by atoms with E-state index in [9.17, 15) is 0 Å². The van der Waals surface area contributed by atoms with E-state index < -0.39 is 0 Å². The third-order valence-corrected chi connectivity index (χ3v) is 4.41. The van der Waals surface area contributed by atoms with Crippen molar-refractivity contribution in [3.63, 3.8) is 0 Å². The molecule has 0 radical (unpaired) electrons. The molecule has 1 N–H and O–H groups in total. The van der Waals surface area contributed by atoms with Gasteiger partial charge in [0.2, 0.25) is 0 Å². The zero-order chi connectivity index (χ0) is 12.5. The molecule has 1 saturated heterocycles. The predicted molar refractivity (Wildman–Crippen MR) is 73.7 cm³/mol. The molecule has 0 amide bonds. The van der Waals surface area contributed by atoms with E-state index in [0.29, 0.717) is 18.1 Å². The van der Waals surface area contributed by atoms with Crippen molar-refractivity contribution in [2.24, 2.45) is 5.92 Å². The van der Waals surface area contributed by atoms with Gasteiger partial charge in [0.05, 0.1) is 12.2 Å². The Bertz CT molecular complexity index is 429. The van der Waals surface area contributed by atoms with E-state index >= 15 is 0 Å². The molecule has 0 spiro atoms. The van der Waals surface area contributed by atoms with Gasteiger partial charge in [0.1, 0.15) is 0 Å². The first-order chi connectivity index (χ1) is 8.74. The lowest BCUT2D eigenvalue weighted by Crippen LogP contribution is -2.26. The van der Waals surface area contributed by atoms with Gasteiger partial charge >= 0.3 is 0 Å². The van der Waals surface area contributed by atoms with Crippen LogP contribution in [0, 0.1) is 5.92 Å². The summed E-state index contributed by atoms with van der Waals surface area (Å²) in [6.45, 7) is 6.66. The second-order valence-corrected chi connectivity index (χ2v) is 5.88. The highest BCUT2D eigenvalue weighted by atomic mass is 16.5. The highest BCUT2D eigenvalue weighted by Gasteiger charge is 2.30. The number of hydrogen-bond acceptors (Lipinski definition) is 2. The van der Waals surface area contributed by atoms with Gasteiger partial charge in [0, 0.05) is 6.54 Å². The van der Waals surface area contributed by atoms with Gasteiger partial charge in [0.15, 0.2) is 0 Å². The van der Waals surface area contributed by atoms with E-state index in [4.69, 9.17) is 4.74 Å². The fraction of sp³-hybridized carbons (Fsp3) is 0.625. The minimum Gasteiger partial charge on any atom is -0.375 e. The number of hydrogen-bond donors (Lipinski definition) is 1. The first-order valence-corrected chi connectivity index (χ1v) is 7.20. The molecule has 98 valence electrons. The Morgan fingerprint density at radius 1 is 1.33 bits per heavy atom. The van der Waals surface area contributed by atoms with E-state index in [1.54, 1.807) is 0 Å². The molecular formula is C16H23NO. The van der Waals surface area contributed by atoms with Gasteiger partial charge < -0.3 is 10.1 Å². The molecule has 2 heterocycles. The van der Waals surface area contributed by atoms with Crippen molar-refractivity contribution >= 4 is 0 Å². The van der Waals surface area contributed by atoms with Gasteiger partial charge in [-0.15, -0.1) is 0 Å². The van der Waals surface area contributed by atoms with Crippen LogP contribution < -0.4 is 5.32 Å². The Labute approximate surface area is 110 Å². The van der Waals surface area contributed by atoms with Gasteiger partial charge in [-0.05, 0) is 55.3 Å². The third-order valence-electron chi connectivity index (χ3n) is 4.41. The van der Waals surface area contributed by atoms with Crippen molar-refractivity contribution in [2.75, 3.05) is 6.54 Å². The number of rotatable bonds is 2. The summed E-state index contributed by atoms with van der Waals surface area (Å²) in [4.78, 5) is 0. The van der Waals surface area contributed by atoms with Crippen LogP contribution in [-0.4, -0.2) is 18.8 Å². The quantitative estimate of drug-likeness (QED) is 0.865. The summed E-state index contributed by atoms with van der Waals surface area (Å²) in [5, 5.41) is 3.49. The topological polar surface area (TPSA) is 21.3 Å². The van der Waals surface area contributed by atoms with Crippen LogP contribution in [0.1, 0.15) is 37.0 Å². The smallest absolute Gasteiger partial charge is 0.0645 e. The molecule has 0 aromatic heterocycles. The lowest BCUT2D eigenvalue weighted by Gasteiger charge is -2.23. The molecule has 2 aliphatic heterocycles. The van der Waals surface area contributed by atoms with E-state index in [0.717, 1.165) is 19.5 Å². The molecule has 2 aliphatic rings. The summed E-state index contributed by atoms with van der Waals surface area (Å²) < 4.78 is 6.05. The Morgan fingerprint density at radius 2 is 2.22 bits per heavy atom. The summed E-state index contributed by atoms with van der Waals surface area (Å²) in [6, 6.07) is 6.77. The second-order valence-electron chi connectivity index (χ2n) is 5.88. The normalized spacial score (nSPS) is 31.3. The van der Waals surface area contributed by atoms with Crippen molar-refractivity contribution in [2.45, 2.75) is 51.9 Å². The van der Waals surface area contributed by atoms with Crippen molar-refractivity contribution in [3.05, 3.63) is 34.9 Å². The van der Waals surface area contributed by atoms with Crippen molar-refractivity contribution in [3.8, 4) is 0 Å². The Hall–Kier alpha value is -0.860. The van der Waals surface area contributed by atoms with Gasteiger partial charge in [-0.1, -0.05) is 25.1 Å². The van der Waals surface area contributed by atoms with Crippen LogP contribution >= 0.6 is 0 Å². The van der Waals surface area contributed by atoms with Crippen molar-refractivity contribution in [1.82, 2.24) is 5.32 Å². The fourth-order valence-corrected chi connectivity index (χ4v) is 3.41. The predicted octanol–water partition coefficient (Wildman–Crippen LogP) is 2.69. The van der Waals surface area contributed by atoms with Gasteiger partial charge in [-0.3, -0.25) is 0 Å². The zero-order valence-electron chi connectivity index (χ0n) is 11.4. The lowest BCUT2D eigenvalue weighted by molar-refractivity contribution is 0.0462. The largest absolute Gasteiger partial charge is 0.375 e. The molecule has 3 rings (SSSR count). The van der Waals surface area contributed by atoms with Gasteiger partial charge in [0.25, 0.3) is 0 Å². The molecule has 0 bridgehead atoms. The van der Waals surface area contributed by atoms with Crippen LogP contribution in [0.25, 0.3) is 0 Å². The summed E-state index contributed by atoms with van der Waals surface area (Å²) in [5.41, 5.74) is 4.55. The van der Waals surface area contributed by atoms with E-state index in [1.807, 2.05) is 0 Å².